The van der Waals surface area contributed by atoms with Crippen LogP contribution in [-0.2, 0) is 40.3 Å². The first-order chi connectivity index (χ1) is 14.5. The summed E-state index contributed by atoms with van der Waals surface area (Å²) in [4.78, 5) is 16.1. The maximum Gasteiger partial charge on any atom is 0.349 e. The van der Waals surface area contributed by atoms with Gasteiger partial charge in [-0.05, 0) is 67.7 Å². The second-order valence-corrected chi connectivity index (χ2v) is 10.7. The number of aryl methyl sites for hydroxylation is 2. The van der Waals surface area contributed by atoms with Crippen LogP contribution in [0.5, 0.6) is 0 Å². The van der Waals surface area contributed by atoms with Crippen molar-refractivity contribution >= 4 is 27.1 Å². The summed E-state index contributed by atoms with van der Waals surface area (Å²) in [5.41, 5.74) is 6.38. The van der Waals surface area contributed by atoms with Crippen LogP contribution in [-0.4, -0.2) is 35.8 Å². The lowest BCUT2D eigenvalue weighted by molar-refractivity contribution is 0.0532. The number of benzene rings is 1. The third kappa shape index (κ3) is 3.07. The third-order valence-corrected chi connectivity index (χ3v) is 8.81. The molecule has 0 spiro atoms. The fourth-order valence-electron chi connectivity index (χ4n) is 4.41. The SMILES string of the molecule is CCOC(=O)c1cnc(S(=O)(=O)c2cnn(-c3c4c(cc5c3CCC5)CCC4)c2)s1. The summed E-state index contributed by atoms with van der Waals surface area (Å²) < 4.78 is 32.7. The average molecular weight is 444 g/mol. The minimum atomic E-state index is -3.87. The molecule has 156 valence electrons. The summed E-state index contributed by atoms with van der Waals surface area (Å²) in [6, 6.07) is 2.34. The highest BCUT2D eigenvalue weighted by atomic mass is 32.2. The summed E-state index contributed by atoms with van der Waals surface area (Å²) in [7, 11) is -3.87. The van der Waals surface area contributed by atoms with Gasteiger partial charge in [0, 0.05) is 6.20 Å². The molecule has 5 rings (SSSR count). The maximum atomic E-state index is 13.1. The van der Waals surface area contributed by atoms with Gasteiger partial charge in [0.25, 0.3) is 0 Å². The Morgan fingerprint density at radius 2 is 1.83 bits per heavy atom. The van der Waals surface area contributed by atoms with Gasteiger partial charge >= 0.3 is 5.97 Å². The van der Waals surface area contributed by atoms with Gasteiger partial charge in [-0.3, -0.25) is 0 Å². The van der Waals surface area contributed by atoms with Gasteiger partial charge in [0.15, 0.2) is 0 Å². The zero-order valence-corrected chi connectivity index (χ0v) is 18.2. The van der Waals surface area contributed by atoms with Gasteiger partial charge in [0.05, 0.1) is 24.7 Å². The van der Waals surface area contributed by atoms with Crippen molar-refractivity contribution in [2.45, 2.75) is 54.7 Å². The number of sulfone groups is 1. The second-order valence-electron chi connectivity index (χ2n) is 7.54. The van der Waals surface area contributed by atoms with E-state index >= 15 is 0 Å². The van der Waals surface area contributed by atoms with E-state index in [1.807, 2.05) is 0 Å². The molecule has 2 aliphatic rings. The van der Waals surface area contributed by atoms with Crippen molar-refractivity contribution in [1.82, 2.24) is 14.8 Å². The quantitative estimate of drug-likeness (QED) is 0.562. The van der Waals surface area contributed by atoms with Gasteiger partial charge in [-0.25, -0.2) is 22.9 Å². The van der Waals surface area contributed by atoms with E-state index in [2.05, 4.69) is 16.1 Å². The number of rotatable bonds is 5. The molecular weight excluding hydrogens is 422 g/mol. The first-order valence-corrected chi connectivity index (χ1v) is 12.4. The summed E-state index contributed by atoms with van der Waals surface area (Å²) in [6.07, 6.45) is 10.6. The molecule has 0 aliphatic heterocycles. The number of esters is 1. The Balaban J connectivity index is 1.54. The lowest BCUT2D eigenvalue weighted by Crippen LogP contribution is -2.06. The Labute approximate surface area is 178 Å². The van der Waals surface area contributed by atoms with Gasteiger partial charge in [-0.2, -0.15) is 5.10 Å². The number of carbonyl (C=O) groups excluding carboxylic acids is 1. The molecular formula is C21H21N3O4S2. The molecule has 0 fully saturated rings. The van der Waals surface area contributed by atoms with Gasteiger partial charge in [-0.15, -0.1) is 0 Å². The van der Waals surface area contributed by atoms with E-state index in [-0.39, 0.29) is 20.7 Å². The van der Waals surface area contributed by atoms with Crippen molar-refractivity contribution < 1.29 is 17.9 Å². The molecule has 0 saturated carbocycles. The van der Waals surface area contributed by atoms with E-state index in [1.54, 1.807) is 17.8 Å². The van der Waals surface area contributed by atoms with E-state index in [0.717, 1.165) is 55.5 Å². The molecule has 0 bridgehead atoms. The fraction of sp³-hybridized carbons (Fsp3) is 0.381. The molecule has 1 aromatic carbocycles. The van der Waals surface area contributed by atoms with Crippen LogP contribution in [0.2, 0.25) is 0 Å². The molecule has 0 amide bonds. The zero-order chi connectivity index (χ0) is 20.9. The van der Waals surface area contributed by atoms with Crippen LogP contribution >= 0.6 is 11.3 Å². The van der Waals surface area contributed by atoms with Crippen molar-refractivity contribution in [3.05, 3.63) is 51.8 Å². The largest absolute Gasteiger partial charge is 0.462 e. The molecule has 9 heteroatoms. The van der Waals surface area contributed by atoms with E-state index in [0.29, 0.717) is 0 Å². The van der Waals surface area contributed by atoms with Crippen LogP contribution < -0.4 is 0 Å². The normalized spacial score (nSPS) is 15.2. The molecule has 0 N–H and O–H groups in total. The summed E-state index contributed by atoms with van der Waals surface area (Å²) in [6.45, 7) is 1.92. The standard InChI is InChI=1S/C21H21N3O4S2/c1-2-28-20(25)18-11-22-21(29-18)30(26,27)15-10-23-24(12-15)19-16-7-3-5-13(16)9-14-6-4-8-17(14)19/h9-12H,2-8H2,1H3. The van der Waals surface area contributed by atoms with E-state index in [4.69, 9.17) is 4.74 Å². The minimum absolute atomic E-state index is 0.0783. The second kappa shape index (κ2) is 7.31. The molecule has 2 aromatic heterocycles. The van der Waals surface area contributed by atoms with Crippen molar-refractivity contribution in [1.29, 1.82) is 0 Å². The highest BCUT2D eigenvalue weighted by molar-refractivity contribution is 7.93. The number of aromatic nitrogens is 3. The highest BCUT2D eigenvalue weighted by Gasteiger charge is 2.29. The number of fused-ring (bicyclic) bond motifs is 2. The zero-order valence-electron chi connectivity index (χ0n) is 16.6. The smallest absolute Gasteiger partial charge is 0.349 e. The Morgan fingerprint density at radius 3 is 2.50 bits per heavy atom. The molecule has 0 radical (unpaired) electrons. The number of hydrogen-bond acceptors (Lipinski definition) is 7. The third-order valence-electron chi connectivity index (χ3n) is 5.73. The van der Waals surface area contributed by atoms with Crippen molar-refractivity contribution in [2.75, 3.05) is 6.61 Å². The summed E-state index contributed by atoms with van der Waals surface area (Å²) >= 11 is 0.817. The molecule has 0 unspecified atom stereocenters. The molecule has 2 heterocycles. The maximum absolute atomic E-state index is 13.1. The van der Waals surface area contributed by atoms with Crippen LogP contribution in [0.15, 0.2) is 33.9 Å². The molecule has 7 nitrogen and oxygen atoms in total. The Kier molecular flexibility index (Phi) is 4.74. The van der Waals surface area contributed by atoms with E-state index in [9.17, 15) is 13.2 Å². The first-order valence-electron chi connectivity index (χ1n) is 10.1. The number of ether oxygens (including phenoxy) is 1. The Morgan fingerprint density at radius 1 is 1.13 bits per heavy atom. The Hall–Kier alpha value is -2.52. The first kappa shape index (κ1) is 19.4. The number of thiazole rings is 1. The molecule has 3 aromatic rings. The molecule has 30 heavy (non-hydrogen) atoms. The van der Waals surface area contributed by atoms with Crippen LogP contribution in [0.25, 0.3) is 5.69 Å². The molecule has 0 atom stereocenters. The minimum Gasteiger partial charge on any atom is -0.462 e. The van der Waals surface area contributed by atoms with Gasteiger partial charge in [0.1, 0.15) is 9.77 Å². The summed E-state index contributed by atoms with van der Waals surface area (Å²) in [5.74, 6) is -0.567. The van der Waals surface area contributed by atoms with Gasteiger partial charge < -0.3 is 4.74 Å². The van der Waals surface area contributed by atoms with Crippen LogP contribution in [0.3, 0.4) is 0 Å². The number of carbonyl (C=O) groups is 1. The predicted octanol–water partition coefficient (Wildman–Crippen LogP) is 3.32. The van der Waals surface area contributed by atoms with E-state index < -0.39 is 15.8 Å². The molecule has 2 aliphatic carbocycles. The predicted molar refractivity (Wildman–Crippen MR) is 111 cm³/mol. The van der Waals surface area contributed by atoms with E-state index in [1.165, 1.54) is 34.6 Å². The van der Waals surface area contributed by atoms with Crippen molar-refractivity contribution in [3.8, 4) is 5.69 Å². The monoisotopic (exact) mass is 443 g/mol. The van der Waals surface area contributed by atoms with Crippen LogP contribution in [0.4, 0.5) is 0 Å². The lowest BCUT2D eigenvalue weighted by Gasteiger charge is -2.14. The number of hydrogen-bond donors (Lipinski definition) is 0. The van der Waals surface area contributed by atoms with Gasteiger partial charge in [0.2, 0.25) is 14.2 Å². The van der Waals surface area contributed by atoms with Crippen molar-refractivity contribution in [3.63, 3.8) is 0 Å². The fourth-order valence-corrected chi connectivity index (χ4v) is 6.77. The lowest BCUT2D eigenvalue weighted by atomic mass is 9.99. The van der Waals surface area contributed by atoms with Crippen LogP contribution in [0, 0.1) is 0 Å². The highest BCUT2D eigenvalue weighted by Crippen LogP contribution is 2.37. The number of nitrogens with zero attached hydrogens (tertiary/aromatic N) is 3. The van der Waals surface area contributed by atoms with Gasteiger partial charge in [-0.1, -0.05) is 17.4 Å². The van der Waals surface area contributed by atoms with Crippen molar-refractivity contribution in [2.24, 2.45) is 0 Å². The Bertz CT molecular complexity index is 1230. The topological polar surface area (TPSA) is 91.2 Å². The molecule has 0 saturated heterocycles. The summed E-state index contributed by atoms with van der Waals surface area (Å²) in [5, 5.41) is 4.43. The average Bonchev–Trinajstić information content (AvgIpc) is 3.52. The van der Waals surface area contributed by atoms with Crippen LogP contribution in [0.1, 0.15) is 51.7 Å².